The van der Waals surface area contributed by atoms with Crippen molar-refractivity contribution in [2.45, 2.75) is 37.3 Å². The first-order valence-electron chi connectivity index (χ1n) is 12.8. The van der Waals surface area contributed by atoms with Crippen molar-refractivity contribution >= 4 is 17.6 Å². The number of amides is 2. The molecule has 0 saturated carbocycles. The van der Waals surface area contributed by atoms with Gasteiger partial charge < -0.3 is 26.8 Å². The van der Waals surface area contributed by atoms with Gasteiger partial charge in [-0.3, -0.25) is 9.59 Å². The number of benzene rings is 3. The van der Waals surface area contributed by atoms with E-state index in [1.165, 1.54) is 0 Å². The van der Waals surface area contributed by atoms with E-state index in [2.05, 4.69) is 15.7 Å². The molecular weight excluding hydrogens is 512 g/mol. The largest absolute Gasteiger partial charge is 0.497 e. The molecule has 0 aliphatic carbocycles. The normalized spacial score (nSPS) is 12.8. The molecule has 3 aromatic carbocycles. The van der Waals surface area contributed by atoms with Gasteiger partial charge in [0.05, 0.1) is 24.2 Å². The van der Waals surface area contributed by atoms with Crippen LogP contribution in [0.1, 0.15) is 35.4 Å². The number of ether oxygens (including phenoxy) is 1. The van der Waals surface area contributed by atoms with Crippen LogP contribution in [0.4, 0.5) is 0 Å². The van der Waals surface area contributed by atoms with Gasteiger partial charge >= 0.3 is 0 Å². The van der Waals surface area contributed by atoms with E-state index in [4.69, 9.17) is 16.2 Å². The highest BCUT2D eigenvalue weighted by molar-refractivity contribution is 5.92. The highest BCUT2D eigenvalue weighted by Gasteiger charge is 2.28. The molecule has 210 valence electrons. The van der Waals surface area contributed by atoms with Crippen molar-refractivity contribution in [2.75, 3.05) is 13.7 Å². The molecule has 0 aliphatic heterocycles. The van der Waals surface area contributed by atoms with E-state index in [1.54, 1.807) is 7.11 Å². The summed E-state index contributed by atoms with van der Waals surface area (Å²) in [7, 11) is 1.59. The summed E-state index contributed by atoms with van der Waals surface area (Å²) in [4.78, 5) is 37.6. The first-order chi connectivity index (χ1) is 19.3. The van der Waals surface area contributed by atoms with Crippen molar-refractivity contribution in [3.63, 3.8) is 0 Å². The summed E-state index contributed by atoms with van der Waals surface area (Å²) in [6.45, 7) is 0.329. The highest BCUT2D eigenvalue weighted by atomic mass is 16.7. The lowest BCUT2D eigenvalue weighted by molar-refractivity contribution is -0.485. The van der Waals surface area contributed by atoms with Gasteiger partial charge in [-0.15, -0.1) is 0 Å². The molecule has 2 atom stereocenters. The number of amidine groups is 1. The van der Waals surface area contributed by atoms with Gasteiger partial charge in [-0.05, 0) is 48.1 Å². The van der Waals surface area contributed by atoms with Gasteiger partial charge in [0.2, 0.25) is 11.8 Å². The van der Waals surface area contributed by atoms with E-state index in [0.717, 1.165) is 22.4 Å². The van der Waals surface area contributed by atoms with E-state index in [0.29, 0.717) is 13.0 Å². The molecule has 0 saturated heterocycles. The Kier molecular flexibility index (Phi) is 11.2. The third-order valence-electron chi connectivity index (χ3n) is 6.38. The van der Waals surface area contributed by atoms with Crippen LogP contribution in [0.3, 0.4) is 0 Å². The summed E-state index contributed by atoms with van der Waals surface area (Å²) in [5.41, 5.74) is 14.1. The molecule has 0 fully saturated rings. The molecule has 11 nitrogen and oxygen atoms in total. The second kappa shape index (κ2) is 15.0. The Hall–Kier alpha value is -4.77. The Bertz CT molecular complexity index is 1250. The SMILES string of the molecule is COc1ccc(CCNC(=O)C(CCC(N)/C(N)=N\[N+](=O)[O-])NC(=O)C(c2ccccc2)c2ccccc2)cc1. The molecule has 2 amide bonds. The summed E-state index contributed by atoms with van der Waals surface area (Å²) >= 11 is 0. The quantitative estimate of drug-likeness (QED) is 0.104. The van der Waals surface area contributed by atoms with Crippen molar-refractivity contribution in [1.82, 2.24) is 10.6 Å². The van der Waals surface area contributed by atoms with Gasteiger partial charge in [0.1, 0.15) is 11.8 Å². The molecule has 3 aromatic rings. The number of nitrogens with one attached hydrogen (secondary N) is 2. The molecule has 6 N–H and O–H groups in total. The first-order valence-corrected chi connectivity index (χ1v) is 12.8. The number of methoxy groups -OCH3 is 1. The van der Waals surface area contributed by atoms with E-state index in [-0.39, 0.29) is 24.6 Å². The second-order valence-corrected chi connectivity index (χ2v) is 9.15. The maximum atomic E-state index is 13.7. The molecular formula is C29H34N6O5. The average Bonchev–Trinajstić information content (AvgIpc) is 2.96. The van der Waals surface area contributed by atoms with E-state index < -0.39 is 28.9 Å². The number of carbonyl (C=O) groups excluding carboxylic acids is 2. The van der Waals surface area contributed by atoms with Gasteiger partial charge in [-0.1, -0.05) is 72.8 Å². The average molecular weight is 547 g/mol. The van der Waals surface area contributed by atoms with Crippen LogP contribution in [0.2, 0.25) is 0 Å². The summed E-state index contributed by atoms with van der Waals surface area (Å²) in [6, 6.07) is 24.1. The van der Waals surface area contributed by atoms with Crippen LogP contribution < -0.4 is 26.8 Å². The molecule has 0 spiro atoms. The molecule has 2 unspecified atom stereocenters. The topological polar surface area (TPSA) is 175 Å². The first kappa shape index (κ1) is 29.8. The smallest absolute Gasteiger partial charge is 0.242 e. The number of nitrogens with zero attached hydrogens (tertiary/aromatic N) is 2. The zero-order valence-corrected chi connectivity index (χ0v) is 22.2. The van der Waals surface area contributed by atoms with Gasteiger partial charge in [-0.2, -0.15) is 0 Å². The van der Waals surface area contributed by atoms with Gasteiger partial charge in [0, 0.05) is 6.54 Å². The zero-order chi connectivity index (χ0) is 28.9. The zero-order valence-electron chi connectivity index (χ0n) is 22.2. The number of hydrogen-bond donors (Lipinski definition) is 4. The Balaban J connectivity index is 1.76. The number of hydrazone groups is 1. The fourth-order valence-electron chi connectivity index (χ4n) is 4.22. The Morgan fingerprint density at radius 1 is 0.925 bits per heavy atom. The molecule has 3 rings (SSSR count). The van der Waals surface area contributed by atoms with Crippen molar-refractivity contribution in [2.24, 2.45) is 16.6 Å². The van der Waals surface area contributed by atoms with Crippen LogP contribution in [-0.2, 0) is 16.0 Å². The molecule has 0 aliphatic rings. The summed E-state index contributed by atoms with van der Waals surface area (Å²) in [5, 5.41) is 18.6. The summed E-state index contributed by atoms with van der Waals surface area (Å²) < 4.78 is 5.17. The highest BCUT2D eigenvalue weighted by Crippen LogP contribution is 2.25. The number of rotatable bonds is 14. The Labute approximate surface area is 232 Å². The lowest BCUT2D eigenvalue weighted by Gasteiger charge is -2.24. The second-order valence-electron chi connectivity index (χ2n) is 9.15. The van der Waals surface area contributed by atoms with Crippen LogP contribution in [0.5, 0.6) is 5.75 Å². The maximum absolute atomic E-state index is 13.7. The molecule has 0 radical (unpaired) electrons. The number of carbonyl (C=O) groups is 2. The van der Waals surface area contributed by atoms with Gasteiger partial charge in [-0.25, -0.2) is 10.1 Å². The summed E-state index contributed by atoms with van der Waals surface area (Å²) in [6.07, 6.45) is 0.738. The van der Waals surface area contributed by atoms with Crippen LogP contribution in [0.25, 0.3) is 0 Å². The van der Waals surface area contributed by atoms with Gasteiger partial charge in [0.25, 0.3) is 0 Å². The number of nitrogens with two attached hydrogens (primary N) is 2. The minimum absolute atomic E-state index is 0.0847. The third kappa shape index (κ3) is 8.91. The Morgan fingerprint density at radius 3 is 2.02 bits per heavy atom. The lowest BCUT2D eigenvalue weighted by atomic mass is 9.90. The van der Waals surface area contributed by atoms with Crippen molar-refractivity contribution in [1.29, 1.82) is 0 Å². The predicted octanol–water partition coefficient (Wildman–Crippen LogP) is 2.33. The monoisotopic (exact) mass is 546 g/mol. The maximum Gasteiger partial charge on any atom is 0.242 e. The predicted molar refractivity (Wildman–Crippen MR) is 152 cm³/mol. The standard InChI is InChI=1S/C29H34N6O5/c1-40-23-14-12-20(13-15-23)18-19-32-28(36)25(17-16-24(30)27(31)34-35(38)39)33-29(37)26(21-8-4-2-5-9-21)22-10-6-3-7-11-22/h2-15,24-26H,16-19,30H2,1H3,(H2,31,34)(H,32,36)(H,33,37). The number of hydrogen-bond acceptors (Lipinski definition) is 6. The number of nitro groups is 1. The van der Waals surface area contributed by atoms with E-state index in [1.807, 2.05) is 84.9 Å². The molecule has 0 aromatic heterocycles. The van der Waals surface area contributed by atoms with Crippen LogP contribution >= 0.6 is 0 Å². The fraction of sp³-hybridized carbons (Fsp3) is 0.276. The van der Waals surface area contributed by atoms with Crippen LogP contribution in [0.15, 0.2) is 90.0 Å². The fourth-order valence-corrected chi connectivity index (χ4v) is 4.22. The third-order valence-corrected chi connectivity index (χ3v) is 6.38. The van der Waals surface area contributed by atoms with Crippen molar-refractivity contribution < 1.29 is 19.4 Å². The van der Waals surface area contributed by atoms with Gasteiger partial charge in [0.15, 0.2) is 10.9 Å². The summed E-state index contributed by atoms with van der Waals surface area (Å²) in [5.74, 6) is -1.06. The van der Waals surface area contributed by atoms with Crippen molar-refractivity contribution in [3.8, 4) is 5.75 Å². The van der Waals surface area contributed by atoms with Crippen molar-refractivity contribution in [3.05, 3.63) is 112 Å². The molecule has 40 heavy (non-hydrogen) atoms. The minimum atomic E-state index is -0.965. The van der Waals surface area contributed by atoms with Crippen LogP contribution in [0, 0.1) is 10.1 Å². The molecule has 0 bridgehead atoms. The minimum Gasteiger partial charge on any atom is -0.497 e. The lowest BCUT2D eigenvalue weighted by Crippen LogP contribution is -2.49. The van der Waals surface area contributed by atoms with Crippen LogP contribution in [-0.4, -0.2) is 48.4 Å². The molecule has 11 heteroatoms. The van der Waals surface area contributed by atoms with E-state index in [9.17, 15) is 19.7 Å². The molecule has 0 heterocycles. The van der Waals surface area contributed by atoms with E-state index >= 15 is 0 Å². The Morgan fingerprint density at radius 2 is 1.50 bits per heavy atom.